The summed E-state index contributed by atoms with van der Waals surface area (Å²) < 4.78 is 5.48. The highest BCUT2D eigenvalue weighted by Crippen LogP contribution is 2.44. The lowest BCUT2D eigenvalue weighted by molar-refractivity contribution is -0.123. The van der Waals surface area contributed by atoms with Gasteiger partial charge in [-0.3, -0.25) is 14.7 Å². The van der Waals surface area contributed by atoms with Crippen LogP contribution in [0.1, 0.15) is 54.0 Å². The standard InChI is InChI=1S/C32H32N6O3/c1-37-30-26(15-8-16-34-30)27-28(31(37)39)38(19-24-12-6-5-11-23(24)18-33)29(36-27)22-13-7-14-25(17-22)35-32(40)41-20-21-9-3-2-4-10-21/h2-6,8-12,15-16,22,25,27-28H,7,13-14,17,19-20H2,1H3,(H,35,40). The van der Waals surface area contributed by atoms with Crippen molar-refractivity contribution in [2.45, 2.75) is 57.0 Å². The van der Waals surface area contributed by atoms with Gasteiger partial charge in [-0.05, 0) is 42.5 Å². The SMILES string of the molecule is CN1C(=O)C2C(N=C(C3CCCC(NC(=O)OCc4ccccc4)C3)N2Cc2ccccc2C#N)c2cccnc21. The van der Waals surface area contributed by atoms with E-state index in [-0.39, 0.29) is 30.5 Å². The van der Waals surface area contributed by atoms with E-state index in [2.05, 4.69) is 21.3 Å². The molecule has 41 heavy (non-hydrogen) atoms. The predicted molar refractivity (Wildman–Crippen MR) is 154 cm³/mol. The molecule has 9 nitrogen and oxygen atoms in total. The number of likely N-dealkylation sites (N-methyl/N-ethyl adjacent to an activating group) is 1. The second-order valence-corrected chi connectivity index (χ2v) is 10.9. The second-order valence-electron chi connectivity index (χ2n) is 10.9. The van der Waals surface area contributed by atoms with E-state index >= 15 is 0 Å². The lowest BCUT2D eigenvalue weighted by Crippen LogP contribution is -2.53. The first-order valence-electron chi connectivity index (χ1n) is 14.1. The highest BCUT2D eigenvalue weighted by Gasteiger charge is 2.50. The molecule has 3 heterocycles. The maximum Gasteiger partial charge on any atom is 0.407 e. The van der Waals surface area contributed by atoms with E-state index in [9.17, 15) is 14.9 Å². The zero-order chi connectivity index (χ0) is 28.3. The van der Waals surface area contributed by atoms with Crippen molar-refractivity contribution in [3.63, 3.8) is 0 Å². The van der Waals surface area contributed by atoms with E-state index in [1.165, 1.54) is 0 Å². The third-order valence-electron chi connectivity index (χ3n) is 8.29. The normalized spacial score (nSPS) is 23.2. The number of pyridine rings is 1. The van der Waals surface area contributed by atoms with Crippen LogP contribution in [0.25, 0.3) is 0 Å². The highest BCUT2D eigenvalue weighted by molar-refractivity contribution is 6.04. The molecule has 4 unspecified atom stereocenters. The van der Waals surface area contributed by atoms with E-state index < -0.39 is 12.1 Å². The van der Waals surface area contributed by atoms with Gasteiger partial charge in [-0.1, -0.05) is 61.0 Å². The topological polar surface area (TPSA) is 111 Å². The molecule has 3 aromatic rings. The third-order valence-corrected chi connectivity index (χ3v) is 8.29. The minimum Gasteiger partial charge on any atom is -0.445 e. The van der Waals surface area contributed by atoms with Crippen molar-refractivity contribution < 1.29 is 14.3 Å². The van der Waals surface area contributed by atoms with Crippen LogP contribution in [0.5, 0.6) is 0 Å². The van der Waals surface area contributed by atoms with Crippen molar-refractivity contribution in [1.82, 2.24) is 15.2 Å². The molecule has 1 fully saturated rings. The molecule has 0 bridgehead atoms. The summed E-state index contributed by atoms with van der Waals surface area (Å²) in [5.74, 6) is 1.46. The molecule has 1 aliphatic carbocycles. The molecule has 208 valence electrons. The Labute approximate surface area is 239 Å². The number of hydrogen-bond acceptors (Lipinski definition) is 7. The number of aliphatic imine (C=N–C) groups is 1. The molecular formula is C32H32N6O3. The lowest BCUT2D eigenvalue weighted by Gasteiger charge is -2.39. The van der Waals surface area contributed by atoms with Gasteiger partial charge in [0.2, 0.25) is 0 Å². The number of benzene rings is 2. The zero-order valence-corrected chi connectivity index (χ0v) is 22.9. The third kappa shape index (κ3) is 5.25. The molecule has 2 aliphatic heterocycles. The van der Waals surface area contributed by atoms with Crippen LogP contribution in [-0.4, -0.2) is 46.9 Å². The van der Waals surface area contributed by atoms with Crippen molar-refractivity contribution >= 4 is 23.7 Å². The minimum absolute atomic E-state index is 0.0428. The highest BCUT2D eigenvalue weighted by atomic mass is 16.5. The molecule has 4 atom stereocenters. The van der Waals surface area contributed by atoms with E-state index in [1.54, 1.807) is 24.2 Å². The number of amidine groups is 1. The Hall–Kier alpha value is -4.71. The number of nitrogens with zero attached hydrogens (tertiary/aromatic N) is 5. The second kappa shape index (κ2) is 11.4. The molecule has 1 N–H and O–H groups in total. The largest absolute Gasteiger partial charge is 0.445 e. The molecule has 3 aliphatic rings. The van der Waals surface area contributed by atoms with Crippen molar-refractivity contribution in [3.8, 4) is 6.07 Å². The fraction of sp³-hybridized carbons (Fsp3) is 0.344. The van der Waals surface area contributed by atoms with Crippen molar-refractivity contribution in [1.29, 1.82) is 5.26 Å². The number of aromatic nitrogens is 1. The number of carbonyl (C=O) groups excluding carboxylic acids is 2. The number of alkyl carbamates (subject to hydrolysis) is 1. The molecule has 0 radical (unpaired) electrons. The van der Waals surface area contributed by atoms with E-state index in [0.29, 0.717) is 24.3 Å². The van der Waals surface area contributed by atoms with Crippen LogP contribution in [0.3, 0.4) is 0 Å². The summed E-state index contributed by atoms with van der Waals surface area (Å²) in [6.07, 6.45) is 4.62. The van der Waals surface area contributed by atoms with E-state index in [1.807, 2.05) is 60.7 Å². The Balaban J connectivity index is 1.26. The molecule has 0 saturated heterocycles. The Morgan fingerprint density at radius 1 is 1.10 bits per heavy atom. The van der Waals surface area contributed by atoms with Gasteiger partial charge >= 0.3 is 6.09 Å². The first-order valence-corrected chi connectivity index (χ1v) is 14.1. The number of anilines is 1. The molecule has 1 saturated carbocycles. The van der Waals surface area contributed by atoms with Crippen molar-refractivity contribution in [2.24, 2.45) is 10.9 Å². The Bertz CT molecular complexity index is 1520. The van der Waals surface area contributed by atoms with Gasteiger partial charge in [-0.2, -0.15) is 5.26 Å². The minimum atomic E-state index is -0.525. The zero-order valence-electron chi connectivity index (χ0n) is 22.9. The first-order chi connectivity index (χ1) is 20.0. The van der Waals surface area contributed by atoms with Gasteiger partial charge < -0.3 is 15.0 Å². The van der Waals surface area contributed by atoms with Crippen LogP contribution in [0.2, 0.25) is 0 Å². The van der Waals surface area contributed by atoms with Crippen molar-refractivity contribution in [2.75, 3.05) is 11.9 Å². The van der Waals surface area contributed by atoms with Gasteiger partial charge in [0.05, 0.1) is 11.6 Å². The maximum atomic E-state index is 13.8. The summed E-state index contributed by atoms with van der Waals surface area (Å²) in [5.41, 5.74) is 3.29. The maximum absolute atomic E-state index is 13.8. The number of nitriles is 1. The summed E-state index contributed by atoms with van der Waals surface area (Å²) >= 11 is 0. The Kier molecular flexibility index (Phi) is 7.38. The molecule has 6 rings (SSSR count). The van der Waals surface area contributed by atoms with E-state index in [0.717, 1.165) is 41.8 Å². The number of fused-ring (bicyclic) bond motifs is 3. The van der Waals surface area contributed by atoms with Gasteiger partial charge in [0.15, 0.2) is 0 Å². The monoisotopic (exact) mass is 548 g/mol. The lowest BCUT2D eigenvalue weighted by atomic mass is 9.84. The fourth-order valence-electron chi connectivity index (χ4n) is 6.29. The number of carbonyl (C=O) groups is 2. The van der Waals surface area contributed by atoms with Gasteiger partial charge in [0.25, 0.3) is 5.91 Å². The van der Waals surface area contributed by atoms with Gasteiger partial charge in [0.1, 0.15) is 30.3 Å². The number of amides is 2. The summed E-state index contributed by atoms with van der Waals surface area (Å²) in [6.45, 7) is 0.612. The molecule has 2 aromatic carbocycles. The number of hydrogen-bond donors (Lipinski definition) is 1. The fourth-order valence-corrected chi connectivity index (χ4v) is 6.29. The quantitative estimate of drug-likeness (QED) is 0.477. The number of nitrogens with one attached hydrogen (secondary N) is 1. The van der Waals surface area contributed by atoms with Crippen LogP contribution < -0.4 is 10.2 Å². The molecular weight excluding hydrogens is 516 g/mol. The summed E-state index contributed by atoms with van der Waals surface area (Å²) in [7, 11) is 1.76. The van der Waals surface area contributed by atoms with Crippen LogP contribution in [0.15, 0.2) is 77.9 Å². The molecule has 9 heteroatoms. The summed E-state index contributed by atoms with van der Waals surface area (Å²) in [5, 5.41) is 12.8. The Morgan fingerprint density at radius 3 is 2.73 bits per heavy atom. The van der Waals surface area contributed by atoms with Gasteiger partial charge in [-0.15, -0.1) is 0 Å². The average Bonchev–Trinajstić information content (AvgIpc) is 3.39. The molecule has 0 spiro atoms. The number of rotatable bonds is 6. The van der Waals surface area contributed by atoms with Crippen LogP contribution >= 0.6 is 0 Å². The molecule has 1 aromatic heterocycles. The van der Waals surface area contributed by atoms with E-state index in [4.69, 9.17) is 9.73 Å². The van der Waals surface area contributed by atoms with Crippen LogP contribution in [-0.2, 0) is 22.7 Å². The van der Waals surface area contributed by atoms with Crippen molar-refractivity contribution in [3.05, 3.63) is 95.2 Å². The molecule has 2 amide bonds. The smallest absolute Gasteiger partial charge is 0.407 e. The number of ether oxygens (including phenoxy) is 1. The first kappa shape index (κ1) is 26.5. The predicted octanol–water partition coefficient (Wildman–Crippen LogP) is 4.74. The summed E-state index contributed by atoms with van der Waals surface area (Å²) in [6, 6.07) is 22.3. The van der Waals surface area contributed by atoms with Crippen LogP contribution in [0, 0.1) is 17.2 Å². The van der Waals surface area contributed by atoms with Crippen LogP contribution in [0.4, 0.5) is 10.6 Å². The van der Waals surface area contributed by atoms with Gasteiger partial charge in [0, 0.05) is 37.3 Å². The summed E-state index contributed by atoms with van der Waals surface area (Å²) in [4.78, 5) is 39.8. The van der Waals surface area contributed by atoms with Gasteiger partial charge in [-0.25, -0.2) is 9.78 Å². The average molecular weight is 549 g/mol. The Morgan fingerprint density at radius 2 is 1.90 bits per heavy atom.